The van der Waals surface area contributed by atoms with Gasteiger partial charge >= 0.3 is 0 Å². The van der Waals surface area contributed by atoms with E-state index in [0.717, 1.165) is 18.7 Å². The SMILES string of the molecule is CCNC(Cc1cncs1)c1sccc1OC. The van der Waals surface area contributed by atoms with E-state index >= 15 is 0 Å². The number of ether oxygens (including phenoxy) is 1. The Kier molecular flexibility index (Phi) is 4.53. The van der Waals surface area contributed by atoms with Crippen molar-refractivity contribution < 1.29 is 4.74 Å². The quantitative estimate of drug-likeness (QED) is 0.874. The molecule has 0 fully saturated rings. The molecule has 0 amide bonds. The Morgan fingerprint density at radius 1 is 1.47 bits per heavy atom. The van der Waals surface area contributed by atoms with Crippen LogP contribution in [0.15, 0.2) is 23.2 Å². The van der Waals surface area contributed by atoms with Gasteiger partial charge in [-0.3, -0.25) is 4.98 Å². The lowest BCUT2D eigenvalue weighted by atomic mass is 10.1. The summed E-state index contributed by atoms with van der Waals surface area (Å²) in [4.78, 5) is 6.69. The molecule has 2 heterocycles. The van der Waals surface area contributed by atoms with E-state index in [9.17, 15) is 0 Å². The highest BCUT2D eigenvalue weighted by Crippen LogP contribution is 2.33. The maximum Gasteiger partial charge on any atom is 0.134 e. The lowest BCUT2D eigenvalue weighted by Gasteiger charge is -2.16. The summed E-state index contributed by atoms with van der Waals surface area (Å²) in [5, 5.41) is 5.58. The smallest absolute Gasteiger partial charge is 0.134 e. The molecule has 1 unspecified atom stereocenters. The molecule has 2 aromatic rings. The summed E-state index contributed by atoms with van der Waals surface area (Å²) in [6, 6.07) is 2.34. The lowest BCUT2D eigenvalue weighted by molar-refractivity contribution is 0.403. The average Bonchev–Trinajstić information content (AvgIpc) is 2.98. The highest BCUT2D eigenvalue weighted by atomic mass is 32.1. The minimum atomic E-state index is 0.315. The van der Waals surface area contributed by atoms with Crippen LogP contribution in [0.3, 0.4) is 0 Å². The highest BCUT2D eigenvalue weighted by molar-refractivity contribution is 7.10. The summed E-state index contributed by atoms with van der Waals surface area (Å²) in [6.07, 6.45) is 2.91. The summed E-state index contributed by atoms with van der Waals surface area (Å²) in [7, 11) is 1.72. The molecule has 0 saturated carbocycles. The summed E-state index contributed by atoms with van der Waals surface area (Å²) in [6.45, 7) is 3.07. The second kappa shape index (κ2) is 6.14. The number of likely N-dealkylation sites (N-methyl/N-ethyl adjacent to an activating group) is 1. The fourth-order valence-corrected chi connectivity index (χ4v) is 3.36. The van der Waals surface area contributed by atoms with Gasteiger partial charge in [0.15, 0.2) is 0 Å². The maximum atomic E-state index is 5.39. The number of thiophene rings is 1. The van der Waals surface area contributed by atoms with Crippen molar-refractivity contribution in [1.29, 1.82) is 0 Å². The predicted octanol–water partition coefficient (Wildman–Crippen LogP) is 3.11. The van der Waals surface area contributed by atoms with Crippen molar-refractivity contribution in [3.8, 4) is 5.75 Å². The van der Waals surface area contributed by atoms with E-state index in [0.29, 0.717) is 6.04 Å². The van der Waals surface area contributed by atoms with Gasteiger partial charge in [-0.15, -0.1) is 22.7 Å². The Morgan fingerprint density at radius 2 is 2.35 bits per heavy atom. The van der Waals surface area contributed by atoms with Gasteiger partial charge in [0, 0.05) is 17.5 Å². The largest absolute Gasteiger partial charge is 0.496 e. The number of nitrogens with one attached hydrogen (secondary N) is 1. The summed E-state index contributed by atoms with van der Waals surface area (Å²) < 4.78 is 5.39. The molecule has 17 heavy (non-hydrogen) atoms. The third-order valence-electron chi connectivity index (χ3n) is 2.53. The molecule has 92 valence electrons. The molecule has 1 N–H and O–H groups in total. The number of rotatable bonds is 6. The average molecular weight is 268 g/mol. The lowest BCUT2D eigenvalue weighted by Crippen LogP contribution is -2.22. The molecule has 5 heteroatoms. The van der Waals surface area contributed by atoms with Gasteiger partial charge in [-0.1, -0.05) is 6.92 Å². The maximum absolute atomic E-state index is 5.39. The molecule has 2 rings (SSSR count). The number of nitrogens with zero attached hydrogens (tertiary/aromatic N) is 1. The first-order valence-electron chi connectivity index (χ1n) is 5.57. The zero-order valence-corrected chi connectivity index (χ0v) is 11.6. The van der Waals surface area contributed by atoms with Gasteiger partial charge in [-0.2, -0.15) is 0 Å². The Morgan fingerprint density at radius 3 is 3.00 bits per heavy atom. The molecule has 0 bridgehead atoms. The zero-order chi connectivity index (χ0) is 12.1. The van der Waals surface area contributed by atoms with Crippen molar-refractivity contribution in [1.82, 2.24) is 10.3 Å². The van der Waals surface area contributed by atoms with Crippen LogP contribution >= 0.6 is 22.7 Å². The van der Waals surface area contributed by atoms with Crippen LogP contribution in [0.4, 0.5) is 0 Å². The normalized spacial score (nSPS) is 12.6. The Hall–Kier alpha value is -0.910. The molecule has 0 saturated heterocycles. The zero-order valence-electron chi connectivity index (χ0n) is 9.97. The molecule has 1 atom stereocenters. The predicted molar refractivity (Wildman–Crippen MR) is 73.1 cm³/mol. The molecular weight excluding hydrogens is 252 g/mol. The first-order valence-corrected chi connectivity index (χ1v) is 7.33. The van der Waals surface area contributed by atoms with Crippen molar-refractivity contribution in [2.75, 3.05) is 13.7 Å². The summed E-state index contributed by atoms with van der Waals surface area (Å²) in [5.41, 5.74) is 1.88. The minimum Gasteiger partial charge on any atom is -0.496 e. The molecule has 3 nitrogen and oxygen atoms in total. The molecule has 2 aromatic heterocycles. The van der Waals surface area contributed by atoms with Crippen molar-refractivity contribution in [2.24, 2.45) is 0 Å². The molecule has 0 aliphatic heterocycles. The van der Waals surface area contributed by atoms with E-state index in [1.165, 1.54) is 9.75 Å². The van der Waals surface area contributed by atoms with Crippen molar-refractivity contribution in [2.45, 2.75) is 19.4 Å². The number of hydrogen-bond donors (Lipinski definition) is 1. The van der Waals surface area contributed by atoms with E-state index in [1.807, 2.05) is 17.8 Å². The number of thiazole rings is 1. The van der Waals surface area contributed by atoms with Gasteiger partial charge in [0.1, 0.15) is 5.75 Å². The van der Waals surface area contributed by atoms with Crippen LogP contribution < -0.4 is 10.1 Å². The van der Waals surface area contributed by atoms with Gasteiger partial charge in [0.2, 0.25) is 0 Å². The van der Waals surface area contributed by atoms with Gasteiger partial charge < -0.3 is 10.1 Å². The van der Waals surface area contributed by atoms with Crippen LogP contribution in [0.5, 0.6) is 5.75 Å². The van der Waals surface area contributed by atoms with Crippen LogP contribution in [0.2, 0.25) is 0 Å². The van der Waals surface area contributed by atoms with Gasteiger partial charge in [0.05, 0.1) is 23.5 Å². The van der Waals surface area contributed by atoms with Crippen LogP contribution in [-0.4, -0.2) is 18.6 Å². The molecular formula is C12H16N2OS2. The van der Waals surface area contributed by atoms with Crippen molar-refractivity contribution in [3.63, 3.8) is 0 Å². The van der Waals surface area contributed by atoms with Crippen molar-refractivity contribution >= 4 is 22.7 Å². The molecule has 0 aliphatic carbocycles. The standard InChI is InChI=1S/C12H16N2OS2/c1-3-14-10(6-9-7-13-8-17-9)12-11(15-2)4-5-16-12/h4-5,7-8,10,14H,3,6H2,1-2H3. The molecule has 0 aromatic carbocycles. The van der Waals surface area contributed by atoms with E-state index < -0.39 is 0 Å². The van der Waals surface area contributed by atoms with E-state index in [1.54, 1.807) is 29.8 Å². The van der Waals surface area contributed by atoms with E-state index in [4.69, 9.17) is 4.74 Å². The third-order valence-corrected chi connectivity index (χ3v) is 4.35. The topological polar surface area (TPSA) is 34.2 Å². The first-order chi connectivity index (χ1) is 8.35. The monoisotopic (exact) mass is 268 g/mol. The van der Waals surface area contributed by atoms with Crippen LogP contribution in [-0.2, 0) is 6.42 Å². The minimum absolute atomic E-state index is 0.315. The Bertz CT molecular complexity index is 439. The number of hydrogen-bond acceptors (Lipinski definition) is 5. The first kappa shape index (κ1) is 12.5. The second-order valence-electron chi connectivity index (χ2n) is 3.64. The van der Waals surface area contributed by atoms with Crippen molar-refractivity contribution in [3.05, 3.63) is 32.9 Å². The Labute approximate surface area is 109 Å². The van der Waals surface area contributed by atoms with E-state index in [-0.39, 0.29) is 0 Å². The molecule has 0 aliphatic rings. The van der Waals surface area contributed by atoms with Gasteiger partial charge in [-0.05, 0) is 18.0 Å². The van der Waals surface area contributed by atoms with Gasteiger partial charge in [-0.25, -0.2) is 0 Å². The fraction of sp³-hybridized carbons (Fsp3) is 0.417. The molecule has 0 radical (unpaired) electrons. The van der Waals surface area contributed by atoms with Crippen LogP contribution in [0, 0.1) is 0 Å². The number of aromatic nitrogens is 1. The molecule has 0 spiro atoms. The fourth-order valence-electron chi connectivity index (χ4n) is 1.78. The third kappa shape index (κ3) is 3.06. The number of methoxy groups -OCH3 is 1. The summed E-state index contributed by atoms with van der Waals surface area (Å²) >= 11 is 3.44. The van der Waals surface area contributed by atoms with Crippen LogP contribution in [0.1, 0.15) is 22.7 Å². The second-order valence-corrected chi connectivity index (χ2v) is 5.55. The Balaban J connectivity index is 2.16. The summed E-state index contributed by atoms with van der Waals surface area (Å²) in [5.74, 6) is 0.977. The van der Waals surface area contributed by atoms with E-state index in [2.05, 4.69) is 22.6 Å². The van der Waals surface area contributed by atoms with Gasteiger partial charge in [0.25, 0.3) is 0 Å². The van der Waals surface area contributed by atoms with Crippen LogP contribution in [0.25, 0.3) is 0 Å². The highest BCUT2D eigenvalue weighted by Gasteiger charge is 2.17.